The maximum Gasteiger partial charge on any atom is 0.257 e. The van der Waals surface area contributed by atoms with E-state index in [1.807, 2.05) is 6.92 Å². The van der Waals surface area contributed by atoms with Crippen molar-refractivity contribution in [3.63, 3.8) is 0 Å². The average molecular weight is 160 g/mol. The van der Waals surface area contributed by atoms with Crippen LogP contribution in [0.15, 0.2) is 0 Å². The Morgan fingerprint density at radius 2 is 2.27 bits per heavy atom. The molecule has 4 nitrogen and oxygen atoms in total. The highest BCUT2D eigenvalue weighted by Crippen LogP contribution is 2.25. The van der Waals surface area contributed by atoms with E-state index in [0.29, 0.717) is 6.42 Å². The second-order valence-corrected chi connectivity index (χ2v) is 3.02. The summed E-state index contributed by atoms with van der Waals surface area (Å²) in [5.41, 5.74) is 0. The van der Waals surface area contributed by atoms with E-state index < -0.39 is 12.3 Å². The van der Waals surface area contributed by atoms with Gasteiger partial charge in [0.05, 0.1) is 6.42 Å². The predicted molar refractivity (Wildman–Crippen MR) is 39.0 cm³/mol. The van der Waals surface area contributed by atoms with Gasteiger partial charge in [0, 0.05) is 16.1 Å². The Morgan fingerprint density at radius 3 is 2.64 bits per heavy atom. The van der Waals surface area contributed by atoms with E-state index in [2.05, 4.69) is 0 Å². The van der Waals surface area contributed by atoms with Crippen LogP contribution in [0.25, 0.3) is 0 Å². The van der Waals surface area contributed by atoms with E-state index in [4.69, 9.17) is 10.2 Å². The second-order valence-electron chi connectivity index (χ2n) is 3.02. The summed E-state index contributed by atoms with van der Waals surface area (Å²) in [5.74, 6) is 0. The Labute approximate surface area is 65.4 Å². The molecule has 2 atom stereocenters. The highest BCUT2D eigenvalue weighted by molar-refractivity contribution is 4.75. The average Bonchev–Trinajstić information content (AvgIpc) is 1.95. The van der Waals surface area contributed by atoms with Crippen molar-refractivity contribution in [3.8, 4) is 0 Å². The minimum Gasteiger partial charge on any atom is -0.363 e. The molecule has 1 fully saturated rings. The molecule has 64 valence electrons. The van der Waals surface area contributed by atoms with Crippen LogP contribution in [0.2, 0.25) is 0 Å². The van der Waals surface area contributed by atoms with Gasteiger partial charge in [0.1, 0.15) is 0 Å². The van der Waals surface area contributed by atoms with Crippen LogP contribution in [0.1, 0.15) is 26.2 Å². The maximum atomic E-state index is 11.0. The molecule has 1 saturated heterocycles. The number of nitroso groups, excluding NO2 is 1. The van der Waals surface area contributed by atoms with Crippen molar-refractivity contribution >= 4 is 0 Å². The Bertz CT molecular complexity index is 158. The number of hydrogen-bond donors (Lipinski definition) is 2. The summed E-state index contributed by atoms with van der Waals surface area (Å²) < 4.78 is 0.800. The van der Waals surface area contributed by atoms with Crippen LogP contribution in [-0.2, 0) is 0 Å². The lowest BCUT2D eigenvalue weighted by atomic mass is 9.93. The molecule has 4 heteroatoms. The fourth-order valence-corrected chi connectivity index (χ4v) is 1.45. The largest absolute Gasteiger partial charge is 0.363 e. The normalized spacial score (nSPS) is 30.7. The van der Waals surface area contributed by atoms with E-state index in [-0.39, 0.29) is 6.04 Å². The van der Waals surface area contributed by atoms with Gasteiger partial charge in [0.2, 0.25) is 12.3 Å². The summed E-state index contributed by atoms with van der Waals surface area (Å²) in [6.45, 7) is 2.01. The molecule has 1 aliphatic rings. The molecule has 1 heterocycles. The molecular formula is C7H14NO3+. The van der Waals surface area contributed by atoms with Crippen molar-refractivity contribution in [1.29, 1.82) is 0 Å². The summed E-state index contributed by atoms with van der Waals surface area (Å²) in [6.07, 6.45) is 0.972. The summed E-state index contributed by atoms with van der Waals surface area (Å²) in [7, 11) is 0. The molecule has 11 heavy (non-hydrogen) atoms. The molecule has 1 aliphatic heterocycles. The minimum atomic E-state index is -1.47. The van der Waals surface area contributed by atoms with Gasteiger partial charge >= 0.3 is 0 Å². The molecule has 2 N–H and O–H groups in total. The topological polar surface area (TPSA) is 60.5 Å². The van der Waals surface area contributed by atoms with Gasteiger partial charge in [0.25, 0.3) is 6.04 Å². The first kappa shape index (κ1) is 8.62. The number of nitrogens with zero attached hydrogens (tertiary/aromatic N) is 1. The summed E-state index contributed by atoms with van der Waals surface area (Å²) >= 11 is 0. The molecule has 0 aliphatic carbocycles. The Hall–Kier alpha value is -0.480. The highest BCUT2D eigenvalue weighted by Gasteiger charge is 2.51. The minimum absolute atomic E-state index is 0.0202. The van der Waals surface area contributed by atoms with Gasteiger partial charge in [-0.25, -0.2) is 0 Å². The van der Waals surface area contributed by atoms with Crippen LogP contribution < -0.4 is 0 Å². The molecule has 0 aromatic heterocycles. The van der Waals surface area contributed by atoms with Crippen molar-refractivity contribution in [3.05, 3.63) is 4.91 Å². The number of aliphatic hydroxyl groups is 2. The fraction of sp³-hybridized carbons (Fsp3) is 1.00. The number of rotatable bonds is 3. The summed E-state index contributed by atoms with van der Waals surface area (Å²) in [4.78, 5) is 11.0. The Balaban J connectivity index is 2.32. The van der Waals surface area contributed by atoms with E-state index in [9.17, 15) is 4.91 Å². The molecule has 0 amide bonds. The SMILES string of the molecule is CCCC1CC(C(O)O)[N+]1=O. The van der Waals surface area contributed by atoms with Crippen molar-refractivity contribution in [2.24, 2.45) is 0 Å². The zero-order chi connectivity index (χ0) is 8.43. The van der Waals surface area contributed by atoms with Crippen LogP contribution in [0, 0.1) is 4.91 Å². The molecule has 2 unspecified atom stereocenters. The predicted octanol–water partition coefficient (Wildman–Crippen LogP) is 0.0170. The Morgan fingerprint density at radius 1 is 1.64 bits per heavy atom. The van der Waals surface area contributed by atoms with E-state index in [0.717, 1.165) is 17.6 Å². The van der Waals surface area contributed by atoms with Gasteiger partial charge < -0.3 is 10.2 Å². The fourth-order valence-electron chi connectivity index (χ4n) is 1.45. The third-order valence-corrected chi connectivity index (χ3v) is 2.17. The lowest BCUT2D eigenvalue weighted by Crippen LogP contribution is -2.53. The number of aliphatic hydroxyl groups excluding tert-OH is 1. The van der Waals surface area contributed by atoms with E-state index in [1.54, 1.807) is 0 Å². The lowest BCUT2D eigenvalue weighted by Gasteiger charge is -2.25. The smallest absolute Gasteiger partial charge is 0.257 e. The van der Waals surface area contributed by atoms with E-state index in [1.165, 1.54) is 0 Å². The van der Waals surface area contributed by atoms with Gasteiger partial charge in [-0.3, -0.25) is 0 Å². The maximum absolute atomic E-state index is 11.0. The molecule has 1 rings (SSSR count). The third-order valence-electron chi connectivity index (χ3n) is 2.17. The van der Waals surface area contributed by atoms with Crippen LogP contribution in [0.3, 0.4) is 0 Å². The quantitative estimate of drug-likeness (QED) is 0.452. The molecule has 0 aromatic rings. The number of hydrogen-bond acceptors (Lipinski definition) is 3. The molecule has 0 bridgehead atoms. The van der Waals surface area contributed by atoms with Gasteiger partial charge in [-0.1, -0.05) is 6.92 Å². The third kappa shape index (κ3) is 1.57. The van der Waals surface area contributed by atoms with Crippen molar-refractivity contribution in [2.45, 2.75) is 44.6 Å². The molecule has 0 radical (unpaired) electrons. The molecule has 0 aromatic carbocycles. The lowest BCUT2D eigenvalue weighted by molar-refractivity contribution is -0.698. The zero-order valence-corrected chi connectivity index (χ0v) is 6.60. The van der Waals surface area contributed by atoms with Crippen LogP contribution in [0.5, 0.6) is 0 Å². The first-order chi connectivity index (χ1) is 5.16. The molecule has 0 saturated carbocycles. The van der Waals surface area contributed by atoms with Crippen molar-refractivity contribution in [1.82, 2.24) is 0 Å². The van der Waals surface area contributed by atoms with Crippen LogP contribution >= 0.6 is 0 Å². The highest BCUT2D eigenvalue weighted by atomic mass is 16.5. The second kappa shape index (κ2) is 3.28. The van der Waals surface area contributed by atoms with Gasteiger partial charge in [0.15, 0.2) is 0 Å². The van der Waals surface area contributed by atoms with Crippen molar-refractivity contribution in [2.75, 3.05) is 0 Å². The van der Waals surface area contributed by atoms with Crippen LogP contribution in [-0.4, -0.2) is 33.3 Å². The van der Waals surface area contributed by atoms with Crippen LogP contribution in [0.4, 0.5) is 0 Å². The van der Waals surface area contributed by atoms with Gasteiger partial charge in [-0.2, -0.15) is 0 Å². The molecule has 0 spiro atoms. The first-order valence-corrected chi connectivity index (χ1v) is 3.98. The summed E-state index contributed by atoms with van der Waals surface area (Å²) in [6, 6.07) is -0.557. The van der Waals surface area contributed by atoms with E-state index >= 15 is 0 Å². The van der Waals surface area contributed by atoms with Crippen molar-refractivity contribution < 1.29 is 15.0 Å². The monoisotopic (exact) mass is 160 g/mol. The van der Waals surface area contributed by atoms with Gasteiger partial charge in [-0.15, -0.1) is 0 Å². The summed E-state index contributed by atoms with van der Waals surface area (Å²) in [5, 5.41) is 17.3. The Kier molecular flexibility index (Phi) is 2.57. The zero-order valence-electron chi connectivity index (χ0n) is 6.60. The molecular weight excluding hydrogens is 146 g/mol. The standard InChI is InChI=1S/C7H14NO3/c1-2-3-5-4-6(7(9)10)8(5)11/h5-7,9-10H,2-4H2,1H3/q+1. The first-order valence-electron chi connectivity index (χ1n) is 3.98. The van der Waals surface area contributed by atoms with Gasteiger partial charge in [-0.05, 0) is 6.42 Å².